The molecule has 18 heteroatoms. The van der Waals surface area contributed by atoms with Gasteiger partial charge in [0, 0.05) is 70.6 Å². The molecule has 6 heterocycles. The molecular weight excluding hydrogens is 913 g/mol. The summed E-state index contributed by atoms with van der Waals surface area (Å²) in [6, 6.07) is 29.6. The van der Waals surface area contributed by atoms with Crippen LogP contribution in [0.5, 0.6) is 0 Å². The molecule has 6 amide bonds. The van der Waals surface area contributed by atoms with Gasteiger partial charge >= 0.3 is 0 Å². The SMILES string of the molecule is Cc1ccnc(NC(=O)c2cc(C(=O)Nc3cc(C)ccn3)cc(C(=O)Nc3cc(C)ccn3)c2)c1.Cc1ccnc(NC(=O)c2cc(C(=O)Nc3cc(C)ccn3)cc(C(=O)Nc3cc(C)ccn3)c2)c1. The number of aromatic nitrogens is 6. The summed E-state index contributed by atoms with van der Waals surface area (Å²) in [6.45, 7) is 11.3. The van der Waals surface area contributed by atoms with Crippen molar-refractivity contribution in [2.75, 3.05) is 31.9 Å². The molecular formula is C54H48N12O6. The molecule has 0 aliphatic heterocycles. The molecule has 0 spiro atoms. The van der Waals surface area contributed by atoms with E-state index in [1.54, 1.807) is 73.6 Å². The molecule has 0 aliphatic carbocycles. The zero-order valence-corrected chi connectivity index (χ0v) is 40.0. The smallest absolute Gasteiger partial charge is 0.256 e. The Morgan fingerprint density at radius 3 is 0.514 bits per heavy atom. The maximum Gasteiger partial charge on any atom is 0.256 e. The fraction of sp³-hybridized carbons (Fsp3) is 0.111. The van der Waals surface area contributed by atoms with Gasteiger partial charge in [-0.1, -0.05) is 0 Å². The number of amides is 6. The maximum absolute atomic E-state index is 13.0. The minimum Gasteiger partial charge on any atom is -0.307 e. The molecule has 0 saturated carbocycles. The molecule has 0 bridgehead atoms. The van der Waals surface area contributed by atoms with Crippen LogP contribution in [0.15, 0.2) is 146 Å². The van der Waals surface area contributed by atoms with Crippen LogP contribution in [0.25, 0.3) is 0 Å². The lowest BCUT2D eigenvalue weighted by Gasteiger charge is -2.11. The molecule has 0 radical (unpaired) electrons. The number of nitrogens with one attached hydrogen (secondary N) is 6. The number of carbonyl (C=O) groups excluding carboxylic acids is 6. The minimum atomic E-state index is -0.515. The third-order valence-corrected chi connectivity index (χ3v) is 10.4. The van der Waals surface area contributed by atoms with E-state index in [1.165, 1.54) is 36.4 Å². The lowest BCUT2D eigenvalue weighted by molar-refractivity contribution is 0.1000. The van der Waals surface area contributed by atoms with E-state index in [0.29, 0.717) is 34.9 Å². The van der Waals surface area contributed by atoms with E-state index in [-0.39, 0.29) is 33.4 Å². The first-order valence-electron chi connectivity index (χ1n) is 22.3. The predicted molar refractivity (Wildman–Crippen MR) is 274 cm³/mol. The summed E-state index contributed by atoms with van der Waals surface area (Å²) in [5, 5.41) is 16.2. The van der Waals surface area contributed by atoms with Crippen molar-refractivity contribution in [3.63, 3.8) is 0 Å². The number of hydrogen-bond donors (Lipinski definition) is 6. The fourth-order valence-corrected chi connectivity index (χ4v) is 6.80. The largest absolute Gasteiger partial charge is 0.307 e. The van der Waals surface area contributed by atoms with E-state index in [4.69, 9.17) is 0 Å². The van der Waals surface area contributed by atoms with E-state index in [2.05, 4.69) is 61.8 Å². The molecule has 6 N–H and O–H groups in total. The molecule has 0 unspecified atom stereocenters. The van der Waals surface area contributed by atoms with E-state index < -0.39 is 35.4 Å². The van der Waals surface area contributed by atoms with Gasteiger partial charge in [-0.3, -0.25) is 28.8 Å². The summed E-state index contributed by atoms with van der Waals surface area (Å²) >= 11 is 0. The lowest BCUT2D eigenvalue weighted by atomic mass is 10.0. The van der Waals surface area contributed by atoms with Crippen molar-refractivity contribution in [2.45, 2.75) is 41.5 Å². The Bertz CT molecular complexity index is 2780. The van der Waals surface area contributed by atoms with Crippen LogP contribution in [0.4, 0.5) is 34.9 Å². The first-order valence-corrected chi connectivity index (χ1v) is 22.3. The summed E-state index contributed by atoms with van der Waals surface area (Å²) in [5.74, 6) is -0.956. The van der Waals surface area contributed by atoms with Gasteiger partial charge in [-0.25, -0.2) is 29.9 Å². The molecule has 18 nitrogen and oxygen atoms in total. The van der Waals surface area contributed by atoms with Crippen molar-refractivity contribution >= 4 is 70.4 Å². The Morgan fingerprint density at radius 2 is 0.389 bits per heavy atom. The van der Waals surface area contributed by atoms with E-state index in [0.717, 1.165) is 33.4 Å². The fourth-order valence-electron chi connectivity index (χ4n) is 6.80. The van der Waals surface area contributed by atoms with Crippen molar-refractivity contribution < 1.29 is 28.8 Å². The topological polar surface area (TPSA) is 252 Å². The molecule has 8 aromatic rings. The van der Waals surface area contributed by atoms with Crippen LogP contribution in [0.1, 0.15) is 95.5 Å². The second-order valence-corrected chi connectivity index (χ2v) is 16.6. The van der Waals surface area contributed by atoms with Gasteiger partial charge in [0.2, 0.25) is 0 Å². The summed E-state index contributed by atoms with van der Waals surface area (Å²) in [4.78, 5) is 103. The summed E-state index contributed by atoms with van der Waals surface area (Å²) < 4.78 is 0. The van der Waals surface area contributed by atoms with Gasteiger partial charge in [-0.05, 0) is 184 Å². The van der Waals surface area contributed by atoms with Crippen molar-refractivity contribution in [3.8, 4) is 0 Å². The third-order valence-electron chi connectivity index (χ3n) is 10.4. The first-order chi connectivity index (χ1) is 34.5. The van der Waals surface area contributed by atoms with Crippen molar-refractivity contribution in [1.29, 1.82) is 0 Å². The Balaban J connectivity index is 0.000000211. The Labute approximate surface area is 414 Å². The van der Waals surface area contributed by atoms with Crippen molar-refractivity contribution in [1.82, 2.24) is 29.9 Å². The summed E-state index contributed by atoms with van der Waals surface area (Å²) in [5.41, 5.74) is 6.22. The molecule has 8 rings (SSSR count). The highest BCUT2D eigenvalue weighted by atomic mass is 16.2. The number of hydrogen-bond acceptors (Lipinski definition) is 12. The molecule has 2 aromatic carbocycles. The average Bonchev–Trinajstić information content (AvgIpc) is 3.34. The van der Waals surface area contributed by atoms with E-state index in [1.807, 2.05) is 77.9 Å². The number of pyridine rings is 6. The van der Waals surface area contributed by atoms with Crippen LogP contribution in [-0.2, 0) is 0 Å². The minimum absolute atomic E-state index is 0.116. The zero-order chi connectivity index (χ0) is 51.3. The lowest BCUT2D eigenvalue weighted by Crippen LogP contribution is -2.20. The van der Waals surface area contributed by atoms with Crippen LogP contribution in [-0.4, -0.2) is 65.3 Å². The molecule has 6 aromatic heterocycles. The van der Waals surface area contributed by atoms with E-state index >= 15 is 0 Å². The van der Waals surface area contributed by atoms with Crippen LogP contribution < -0.4 is 31.9 Å². The summed E-state index contributed by atoms with van der Waals surface area (Å²) in [6.07, 6.45) is 9.48. The number of anilines is 6. The molecule has 0 saturated heterocycles. The van der Waals surface area contributed by atoms with Gasteiger partial charge in [-0.2, -0.15) is 0 Å². The van der Waals surface area contributed by atoms with Crippen molar-refractivity contribution in [2.24, 2.45) is 0 Å². The number of benzene rings is 2. The van der Waals surface area contributed by atoms with Crippen LogP contribution >= 0.6 is 0 Å². The van der Waals surface area contributed by atoms with Gasteiger partial charge < -0.3 is 31.9 Å². The average molecular weight is 961 g/mol. The Kier molecular flexibility index (Phi) is 16.0. The number of carbonyl (C=O) groups is 6. The van der Waals surface area contributed by atoms with Gasteiger partial charge in [0.05, 0.1) is 0 Å². The molecule has 0 atom stereocenters. The molecule has 0 fully saturated rings. The van der Waals surface area contributed by atoms with Crippen LogP contribution in [0.3, 0.4) is 0 Å². The normalized spacial score (nSPS) is 10.4. The van der Waals surface area contributed by atoms with Gasteiger partial charge in [-0.15, -0.1) is 0 Å². The Hall–Kier alpha value is -9.84. The molecule has 72 heavy (non-hydrogen) atoms. The van der Waals surface area contributed by atoms with Crippen molar-refractivity contribution in [3.05, 3.63) is 213 Å². The van der Waals surface area contributed by atoms with Gasteiger partial charge in [0.1, 0.15) is 34.9 Å². The van der Waals surface area contributed by atoms with Crippen LogP contribution in [0, 0.1) is 41.5 Å². The maximum atomic E-state index is 13.0. The first kappa shape index (κ1) is 50.0. The van der Waals surface area contributed by atoms with Gasteiger partial charge in [0.15, 0.2) is 0 Å². The highest BCUT2D eigenvalue weighted by Crippen LogP contribution is 2.20. The van der Waals surface area contributed by atoms with E-state index in [9.17, 15) is 28.8 Å². The predicted octanol–water partition coefficient (Wildman–Crippen LogP) is 9.11. The second-order valence-electron chi connectivity index (χ2n) is 16.6. The monoisotopic (exact) mass is 960 g/mol. The summed E-state index contributed by atoms with van der Waals surface area (Å²) in [7, 11) is 0. The standard InChI is InChI=1S/2C27H24N6O3/c2*1-16-4-7-28-22(10-16)31-25(34)19-13-20(26(35)32-23-11-17(2)5-8-29-23)15-21(14-19)27(36)33-24-12-18(3)6-9-30-24/h2*4-15H,1-3H3,(H,28,31,34)(H,29,32,35)(H,30,33,36). The van der Waals surface area contributed by atoms with Crippen LogP contribution in [0.2, 0.25) is 0 Å². The second kappa shape index (κ2) is 23.0. The number of aryl methyl sites for hydroxylation is 6. The third kappa shape index (κ3) is 14.1. The Morgan fingerprint density at radius 1 is 0.250 bits per heavy atom. The highest BCUT2D eigenvalue weighted by Gasteiger charge is 2.20. The van der Waals surface area contributed by atoms with Gasteiger partial charge in [0.25, 0.3) is 35.4 Å². The highest BCUT2D eigenvalue weighted by molar-refractivity contribution is 6.14. The molecule has 0 aliphatic rings. The molecule has 360 valence electrons. The number of nitrogens with zero attached hydrogens (tertiary/aromatic N) is 6. The zero-order valence-electron chi connectivity index (χ0n) is 40.0. The quantitative estimate of drug-likeness (QED) is 0.0671. The number of rotatable bonds is 12.